The molecule has 0 fully saturated rings. The summed E-state index contributed by atoms with van der Waals surface area (Å²) in [6.07, 6.45) is 0. The highest BCUT2D eigenvalue weighted by molar-refractivity contribution is 6.28. The molecule has 84 valence electrons. The van der Waals surface area contributed by atoms with E-state index in [-0.39, 0.29) is 17.2 Å². The zero-order chi connectivity index (χ0) is 11.1. The average molecular weight is 234 g/mol. The van der Waals surface area contributed by atoms with Crippen LogP contribution in [0.4, 0.5) is 11.9 Å². The molecule has 1 aromatic rings. The molecular formula is C7H12ClN5O2. The minimum Gasteiger partial charge on any atom is -0.274 e. The van der Waals surface area contributed by atoms with Crippen LogP contribution < -0.4 is 11.0 Å². The van der Waals surface area contributed by atoms with Crippen LogP contribution in [0.1, 0.15) is 13.8 Å². The third-order valence-electron chi connectivity index (χ3n) is 1.22. The Morgan fingerprint density at radius 2 is 1.47 bits per heavy atom. The molecule has 0 radical (unpaired) electrons. The second-order valence-corrected chi connectivity index (χ2v) is 2.66. The summed E-state index contributed by atoms with van der Waals surface area (Å²) in [6, 6.07) is 0. The van der Waals surface area contributed by atoms with Gasteiger partial charge in [-0.3, -0.25) is 9.68 Å². The molecule has 0 unspecified atom stereocenters. The molecule has 0 atom stereocenters. The molecule has 0 aliphatic rings. The van der Waals surface area contributed by atoms with E-state index in [1.165, 1.54) is 0 Å². The van der Waals surface area contributed by atoms with Gasteiger partial charge in [-0.1, -0.05) is 0 Å². The topological polar surface area (TPSA) is 81.2 Å². The summed E-state index contributed by atoms with van der Waals surface area (Å²) in [5.74, 6) is 0.443. The van der Waals surface area contributed by atoms with E-state index in [0.717, 1.165) is 0 Å². The van der Waals surface area contributed by atoms with Crippen molar-refractivity contribution in [2.75, 3.05) is 24.2 Å². The Morgan fingerprint density at radius 3 is 1.87 bits per heavy atom. The minimum absolute atomic E-state index is 0.0504. The van der Waals surface area contributed by atoms with E-state index in [4.69, 9.17) is 21.3 Å². The number of anilines is 2. The van der Waals surface area contributed by atoms with Crippen LogP contribution in [0.5, 0.6) is 0 Å². The van der Waals surface area contributed by atoms with Crippen molar-refractivity contribution in [2.45, 2.75) is 13.8 Å². The van der Waals surface area contributed by atoms with Gasteiger partial charge in [-0.25, -0.2) is 11.0 Å². The molecule has 0 spiro atoms. The number of halogens is 1. The second kappa shape index (κ2) is 6.33. The first-order chi connectivity index (χ1) is 7.26. The van der Waals surface area contributed by atoms with E-state index < -0.39 is 0 Å². The van der Waals surface area contributed by atoms with Crippen LogP contribution in [-0.4, -0.2) is 28.2 Å². The molecule has 1 aromatic heterocycles. The smallest absolute Gasteiger partial charge is 0.253 e. The van der Waals surface area contributed by atoms with Crippen molar-refractivity contribution in [3.05, 3.63) is 5.28 Å². The quantitative estimate of drug-likeness (QED) is 0.716. The van der Waals surface area contributed by atoms with Gasteiger partial charge in [-0.05, 0) is 25.4 Å². The summed E-state index contributed by atoms with van der Waals surface area (Å²) >= 11 is 5.65. The molecule has 2 N–H and O–H groups in total. The lowest BCUT2D eigenvalue weighted by atomic mass is 10.9. The number of nitrogens with zero attached hydrogens (tertiary/aromatic N) is 3. The third-order valence-corrected chi connectivity index (χ3v) is 1.39. The minimum atomic E-state index is 0.0504. The van der Waals surface area contributed by atoms with E-state index in [0.29, 0.717) is 13.2 Å². The van der Waals surface area contributed by atoms with E-state index in [9.17, 15) is 0 Å². The number of aromatic nitrogens is 3. The van der Waals surface area contributed by atoms with Crippen LogP contribution in [0.3, 0.4) is 0 Å². The van der Waals surface area contributed by atoms with E-state index in [1.807, 2.05) is 13.8 Å². The second-order valence-electron chi connectivity index (χ2n) is 2.32. The Morgan fingerprint density at radius 1 is 1.00 bits per heavy atom. The van der Waals surface area contributed by atoms with Gasteiger partial charge < -0.3 is 0 Å². The summed E-state index contributed by atoms with van der Waals surface area (Å²) in [5.41, 5.74) is 5.02. The summed E-state index contributed by atoms with van der Waals surface area (Å²) in [7, 11) is 0. The van der Waals surface area contributed by atoms with Gasteiger partial charge in [0.25, 0.3) is 11.9 Å². The van der Waals surface area contributed by atoms with E-state index >= 15 is 0 Å². The summed E-state index contributed by atoms with van der Waals surface area (Å²) in [5, 5.41) is 0.0504. The van der Waals surface area contributed by atoms with Crippen LogP contribution in [0.25, 0.3) is 0 Å². The Balaban J connectivity index is 2.66. The lowest BCUT2D eigenvalue weighted by Gasteiger charge is -2.06. The lowest BCUT2D eigenvalue weighted by Crippen LogP contribution is -2.10. The monoisotopic (exact) mass is 233 g/mol. The SMILES string of the molecule is CCONc1nc(Cl)nc(NOCC)n1. The number of nitrogens with one attached hydrogen (secondary N) is 2. The molecule has 0 aromatic carbocycles. The van der Waals surface area contributed by atoms with Crippen molar-refractivity contribution in [2.24, 2.45) is 0 Å². The summed E-state index contributed by atoms with van der Waals surface area (Å²) in [6.45, 7) is 4.62. The highest BCUT2D eigenvalue weighted by atomic mass is 35.5. The maximum atomic E-state index is 5.65. The maximum absolute atomic E-state index is 5.65. The van der Waals surface area contributed by atoms with Gasteiger partial charge in [0.2, 0.25) is 5.28 Å². The van der Waals surface area contributed by atoms with E-state index in [2.05, 4.69) is 25.9 Å². The van der Waals surface area contributed by atoms with Gasteiger partial charge in [0.05, 0.1) is 13.2 Å². The fourth-order valence-electron chi connectivity index (χ4n) is 0.715. The van der Waals surface area contributed by atoms with Crippen LogP contribution in [0.2, 0.25) is 5.28 Å². The number of hydrogen-bond acceptors (Lipinski definition) is 7. The zero-order valence-corrected chi connectivity index (χ0v) is 9.21. The maximum Gasteiger partial charge on any atom is 0.253 e. The molecule has 15 heavy (non-hydrogen) atoms. The van der Waals surface area contributed by atoms with Gasteiger partial charge in [0.15, 0.2) is 0 Å². The summed E-state index contributed by atoms with van der Waals surface area (Å²) in [4.78, 5) is 21.3. The predicted molar refractivity (Wildman–Crippen MR) is 55.3 cm³/mol. The van der Waals surface area contributed by atoms with Crippen molar-refractivity contribution in [1.82, 2.24) is 15.0 Å². The molecular weight excluding hydrogens is 222 g/mol. The fourth-order valence-corrected chi connectivity index (χ4v) is 0.875. The van der Waals surface area contributed by atoms with Crippen molar-refractivity contribution >= 4 is 23.5 Å². The zero-order valence-electron chi connectivity index (χ0n) is 8.45. The summed E-state index contributed by atoms with van der Waals surface area (Å²) < 4.78 is 0. The highest BCUT2D eigenvalue weighted by Gasteiger charge is 2.04. The molecule has 0 aliphatic heterocycles. The van der Waals surface area contributed by atoms with Gasteiger partial charge in [0, 0.05) is 0 Å². The van der Waals surface area contributed by atoms with Crippen LogP contribution >= 0.6 is 11.6 Å². The molecule has 8 heteroatoms. The highest BCUT2D eigenvalue weighted by Crippen LogP contribution is 2.09. The molecule has 1 heterocycles. The first-order valence-corrected chi connectivity index (χ1v) is 4.81. The van der Waals surface area contributed by atoms with E-state index in [1.54, 1.807) is 0 Å². The number of rotatable bonds is 6. The normalized spacial score (nSPS) is 10.1. The first-order valence-electron chi connectivity index (χ1n) is 4.43. The van der Waals surface area contributed by atoms with Gasteiger partial charge >= 0.3 is 0 Å². The Hall–Kier alpha value is -1.18. The lowest BCUT2D eigenvalue weighted by molar-refractivity contribution is 0.203. The molecule has 0 saturated carbocycles. The Kier molecular flexibility index (Phi) is 5.02. The molecule has 1 rings (SSSR count). The molecule has 0 saturated heterocycles. The standard InChI is InChI=1S/C7H12ClN5O2/c1-3-14-12-6-9-5(8)10-7(11-6)13-15-4-2/h3-4H2,1-2H3,(H2,9,10,11,12,13). The van der Waals surface area contributed by atoms with Crippen LogP contribution in [0, 0.1) is 0 Å². The van der Waals surface area contributed by atoms with Crippen LogP contribution in [0.15, 0.2) is 0 Å². The van der Waals surface area contributed by atoms with Gasteiger partial charge in [-0.15, -0.1) is 0 Å². The average Bonchev–Trinajstić information content (AvgIpc) is 2.23. The predicted octanol–water partition coefficient (Wildman–Crippen LogP) is 1.25. The van der Waals surface area contributed by atoms with Crippen molar-refractivity contribution in [1.29, 1.82) is 0 Å². The van der Waals surface area contributed by atoms with Crippen LogP contribution in [-0.2, 0) is 9.68 Å². The number of hydrogen-bond donors (Lipinski definition) is 2. The van der Waals surface area contributed by atoms with Crippen molar-refractivity contribution in [3.63, 3.8) is 0 Å². The molecule has 0 amide bonds. The van der Waals surface area contributed by atoms with Gasteiger partial charge in [0.1, 0.15) is 0 Å². The molecule has 0 bridgehead atoms. The third kappa shape index (κ3) is 4.24. The Bertz CT molecular complexity index is 285. The molecule has 0 aliphatic carbocycles. The van der Waals surface area contributed by atoms with Gasteiger partial charge in [-0.2, -0.15) is 15.0 Å². The molecule has 7 nitrogen and oxygen atoms in total. The fraction of sp³-hybridized carbons (Fsp3) is 0.571. The first kappa shape index (κ1) is 11.9. The largest absolute Gasteiger partial charge is 0.274 e. The van der Waals surface area contributed by atoms with Crippen molar-refractivity contribution in [3.8, 4) is 0 Å². The Labute approximate surface area is 92.1 Å². The van der Waals surface area contributed by atoms with Crippen molar-refractivity contribution < 1.29 is 9.68 Å².